The summed E-state index contributed by atoms with van der Waals surface area (Å²) >= 11 is 0. The van der Waals surface area contributed by atoms with Crippen LogP contribution in [-0.4, -0.2) is 24.1 Å². The standard InChI is InChI=1S/C14H20O5/c1-9(2)18-13(15)12(14(16)19-10(3)4)8-11-6-5-7-17-11/h5-7,9-10,12H,8H2,1-4H3. The molecule has 1 heterocycles. The van der Waals surface area contributed by atoms with E-state index in [0.717, 1.165) is 0 Å². The van der Waals surface area contributed by atoms with Gasteiger partial charge in [0.25, 0.3) is 0 Å². The van der Waals surface area contributed by atoms with E-state index in [-0.39, 0.29) is 18.6 Å². The van der Waals surface area contributed by atoms with Crippen LogP contribution in [0.3, 0.4) is 0 Å². The van der Waals surface area contributed by atoms with E-state index in [9.17, 15) is 9.59 Å². The second-order valence-electron chi connectivity index (χ2n) is 4.81. The van der Waals surface area contributed by atoms with Gasteiger partial charge in [0.1, 0.15) is 5.76 Å². The van der Waals surface area contributed by atoms with Gasteiger partial charge in [0.2, 0.25) is 0 Å². The van der Waals surface area contributed by atoms with E-state index in [2.05, 4.69) is 0 Å². The van der Waals surface area contributed by atoms with Gasteiger partial charge in [0, 0.05) is 6.42 Å². The molecule has 0 aromatic carbocycles. The van der Waals surface area contributed by atoms with Crippen LogP contribution in [0.2, 0.25) is 0 Å². The fourth-order valence-electron chi connectivity index (χ4n) is 1.52. The molecule has 0 saturated carbocycles. The summed E-state index contributed by atoms with van der Waals surface area (Å²) < 4.78 is 15.3. The van der Waals surface area contributed by atoms with Crippen LogP contribution in [0.4, 0.5) is 0 Å². The number of ether oxygens (including phenoxy) is 2. The summed E-state index contributed by atoms with van der Waals surface area (Å²) in [6.45, 7) is 6.93. The van der Waals surface area contributed by atoms with Gasteiger partial charge in [-0.2, -0.15) is 0 Å². The molecular weight excluding hydrogens is 248 g/mol. The average Bonchev–Trinajstić information content (AvgIpc) is 2.76. The van der Waals surface area contributed by atoms with Crippen molar-refractivity contribution in [3.05, 3.63) is 24.2 Å². The Bertz CT molecular complexity index is 383. The van der Waals surface area contributed by atoms with Crippen molar-refractivity contribution in [3.63, 3.8) is 0 Å². The smallest absolute Gasteiger partial charge is 0.321 e. The highest BCUT2D eigenvalue weighted by Crippen LogP contribution is 2.15. The summed E-state index contributed by atoms with van der Waals surface area (Å²) in [6.07, 6.45) is 1.08. The third-order valence-corrected chi connectivity index (χ3v) is 2.26. The molecule has 106 valence electrons. The topological polar surface area (TPSA) is 65.7 Å². The van der Waals surface area contributed by atoms with E-state index in [1.807, 2.05) is 0 Å². The van der Waals surface area contributed by atoms with Gasteiger partial charge in [-0.3, -0.25) is 9.59 Å². The Labute approximate surface area is 112 Å². The zero-order chi connectivity index (χ0) is 14.4. The zero-order valence-electron chi connectivity index (χ0n) is 11.7. The number of esters is 2. The molecular formula is C14H20O5. The largest absolute Gasteiger partial charge is 0.469 e. The molecule has 0 aliphatic rings. The van der Waals surface area contributed by atoms with Crippen LogP contribution in [0.5, 0.6) is 0 Å². The van der Waals surface area contributed by atoms with Gasteiger partial charge in [0.15, 0.2) is 5.92 Å². The second kappa shape index (κ2) is 6.97. The molecule has 0 atom stereocenters. The van der Waals surface area contributed by atoms with Crippen LogP contribution in [0.1, 0.15) is 33.5 Å². The van der Waals surface area contributed by atoms with Crippen LogP contribution in [0, 0.1) is 5.92 Å². The summed E-state index contributed by atoms with van der Waals surface area (Å²) in [5.74, 6) is -1.61. The van der Waals surface area contributed by atoms with E-state index in [1.165, 1.54) is 6.26 Å². The van der Waals surface area contributed by atoms with Crippen LogP contribution < -0.4 is 0 Å². The van der Waals surface area contributed by atoms with Crippen LogP contribution in [0.25, 0.3) is 0 Å². The number of carbonyl (C=O) groups is 2. The van der Waals surface area contributed by atoms with E-state index in [1.54, 1.807) is 39.8 Å². The molecule has 19 heavy (non-hydrogen) atoms. The van der Waals surface area contributed by atoms with E-state index < -0.39 is 17.9 Å². The SMILES string of the molecule is CC(C)OC(=O)C(Cc1ccco1)C(=O)OC(C)C. The van der Waals surface area contributed by atoms with Gasteiger partial charge in [-0.15, -0.1) is 0 Å². The molecule has 0 N–H and O–H groups in total. The lowest BCUT2D eigenvalue weighted by Gasteiger charge is -2.17. The Balaban J connectivity index is 2.77. The van der Waals surface area contributed by atoms with Gasteiger partial charge in [-0.1, -0.05) is 0 Å². The molecule has 0 saturated heterocycles. The Morgan fingerprint density at radius 3 is 2.00 bits per heavy atom. The average molecular weight is 268 g/mol. The van der Waals surface area contributed by atoms with Gasteiger partial charge >= 0.3 is 11.9 Å². The molecule has 0 unspecified atom stereocenters. The minimum Gasteiger partial charge on any atom is -0.469 e. The summed E-state index contributed by atoms with van der Waals surface area (Å²) in [7, 11) is 0. The highest BCUT2D eigenvalue weighted by Gasteiger charge is 2.32. The molecule has 0 bridgehead atoms. The lowest BCUT2D eigenvalue weighted by atomic mass is 10.0. The minimum atomic E-state index is -0.990. The maximum Gasteiger partial charge on any atom is 0.321 e. The van der Waals surface area contributed by atoms with E-state index >= 15 is 0 Å². The fourth-order valence-corrected chi connectivity index (χ4v) is 1.52. The predicted molar refractivity (Wildman–Crippen MR) is 68.4 cm³/mol. The highest BCUT2D eigenvalue weighted by molar-refractivity contribution is 5.95. The minimum absolute atomic E-state index is 0.143. The van der Waals surface area contributed by atoms with Gasteiger partial charge in [0.05, 0.1) is 18.5 Å². The zero-order valence-corrected chi connectivity index (χ0v) is 11.7. The molecule has 0 radical (unpaired) electrons. The van der Waals surface area contributed by atoms with Crippen molar-refractivity contribution in [3.8, 4) is 0 Å². The summed E-state index contributed by atoms with van der Waals surface area (Å²) in [5, 5.41) is 0. The number of furan rings is 1. The van der Waals surface area contributed by atoms with Gasteiger partial charge < -0.3 is 13.9 Å². The Kier molecular flexibility index (Phi) is 5.60. The van der Waals surface area contributed by atoms with Crippen molar-refractivity contribution in [2.75, 3.05) is 0 Å². The maximum atomic E-state index is 11.9. The molecule has 1 aromatic heterocycles. The van der Waals surface area contributed by atoms with Crippen molar-refractivity contribution in [1.29, 1.82) is 0 Å². The Hall–Kier alpha value is -1.78. The lowest BCUT2D eigenvalue weighted by molar-refractivity contribution is -0.166. The second-order valence-corrected chi connectivity index (χ2v) is 4.81. The quantitative estimate of drug-likeness (QED) is 0.585. The molecule has 0 amide bonds. The Morgan fingerprint density at radius 1 is 1.11 bits per heavy atom. The first kappa shape index (κ1) is 15.3. The van der Waals surface area contributed by atoms with Crippen LogP contribution in [0.15, 0.2) is 22.8 Å². The molecule has 5 heteroatoms. The normalized spacial score (nSPS) is 11.1. The third kappa shape index (κ3) is 5.16. The first-order chi connectivity index (χ1) is 8.90. The molecule has 1 rings (SSSR count). The summed E-state index contributed by atoms with van der Waals surface area (Å²) in [6, 6.07) is 3.41. The molecule has 1 aromatic rings. The third-order valence-electron chi connectivity index (χ3n) is 2.26. The molecule has 5 nitrogen and oxygen atoms in total. The van der Waals surface area contributed by atoms with E-state index in [4.69, 9.17) is 13.9 Å². The van der Waals surface area contributed by atoms with E-state index in [0.29, 0.717) is 5.76 Å². The Morgan fingerprint density at radius 2 is 1.63 bits per heavy atom. The van der Waals surface area contributed by atoms with Crippen LogP contribution >= 0.6 is 0 Å². The first-order valence-electron chi connectivity index (χ1n) is 6.33. The predicted octanol–water partition coefficient (Wildman–Crippen LogP) is 2.34. The molecule has 0 aliphatic carbocycles. The number of rotatable bonds is 6. The van der Waals surface area contributed by atoms with Crippen molar-refractivity contribution in [1.82, 2.24) is 0 Å². The van der Waals surface area contributed by atoms with Crippen molar-refractivity contribution in [2.45, 2.75) is 46.3 Å². The van der Waals surface area contributed by atoms with Gasteiger partial charge in [-0.25, -0.2) is 0 Å². The monoisotopic (exact) mass is 268 g/mol. The first-order valence-corrected chi connectivity index (χ1v) is 6.33. The van der Waals surface area contributed by atoms with Crippen LogP contribution in [-0.2, 0) is 25.5 Å². The number of hydrogen-bond donors (Lipinski definition) is 0. The summed E-state index contributed by atoms with van der Waals surface area (Å²) in [4.78, 5) is 23.9. The van der Waals surface area contributed by atoms with Crippen molar-refractivity contribution in [2.24, 2.45) is 5.92 Å². The molecule has 0 spiro atoms. The highest BCUT2D eigenvalue weighted by atomic mass is 16.6. The van der Waals surface area contributed by atoms with Crippen molar-refractivity contribution >= 4 is 11.9 Å². The van der Waals surface area contributed by atoms with Crippen molar-refractivity contribution < 1.29 is 23.5 Å². The molecule has 0 aliphatic heterocycles. The number of carbonyl (C=O) groups excluding carboxylic acids is 2. The number of hydrogen-bond acceptors (Lipinski definition) is 5. The maximum absolute atomic E-state index is 11.9. The summed E-state index contributed by atoms with van der Waals surface area (Å²) in [5.41, 5.74) is 0. The van der Waals surface area contributed by atoms with Gasteiger partial charge in [-0.05, 0) is 39.8 Å². The lowest BCUT2D eigenvalue weighted by Crippen LogP contribution is -2.32. The molecule has 0 fully saturated rings. The fraction of sp³-hybridized carbons (Fsp3) is 0.571.